The molecular weight excluding hydrogens is 512 g/mol. The Morgan fingerprint density at radius 3 is 2.64 bits per heavy atom. The zero-order chi connectivity index (χ0) is 27.6. The van der Waals surface area contributed by atoms with E-state index in [1.807, 2.05) is 0 Å². The van der Waals surface area contributed by atoms with E-state index in [-0.39, 0.29) is 43.9 Å². The molecule has 0 spiro atoms. The van der Waals surface area contributed by atoms with Crippen LogP contribution in [-0.4, -0.2) is 68.7 Å². The van der Waals surface area contributed by atoms with Crippen LogP contribution in [0.3, 0.4) is 0 Å². The van der Waals surface area contributed by atoms with E-state index in [1.54, 1.807) is 19.1 Å². The summed E-state index contributed by atoms with van der Waals surface area (Å²) in [6, 6.07) is 0. The standard InChI is InChI=1S/C21H34F3N2O9P/c1-15(9-10-20(25,13-27)14-35-36(31,32)33)7-8-18(19(28)21(22,23)24)34-11-3-5-16-4-2-6-17(12-16)26(29)30/h2,4,6-7,16,18-19,27-28H,3,5,8-14,25H2,1H3,(H2,31,32,33)/b15-7+/t16?,18?,19-,20?/m0/s1. The topological polar surface area (TPSA) is 186 Å². The molecule has 0 heterocycles. The monoisotopic (exact) mass is 546 g/mol. The van der Waals surface area contributed by atoms with Crippen molar-refractivity contribution in [1.82, 2.24) is 0 Å². The molecule has 6 N–H and O–H groups in total. The number of aliphatic hydroxyl groups excluding tert-OH is 2. The van der Waals surface area contributed by atoms with Gasteiger partial charge in [0.2, 0.25) is 5.70 Å². The van der Waals surface area contributed by atoms with E-state index in [9.17, 15) is 38.1 Å². The molecule has 0 radical (unpaired) electrons. The number of hydrogen-bond acceptors (Lipinski definition) is 8. The van der Waals surface area contributed by atoms with E-state index in [0.29, 0.717) is 18.4 Å². The van der Waals surface area contributed by atoms with Gasteiger partial charge < -0.3 is 30.5 Å². The fourth-order valence-corrected chi connectivity index (χ4v) is 3.84. The lowest BCUT2D eigenvalue weighted by molar-refractivity contribution is -0.428. The number of phosphoric ester groups is 1. The molecule has 0 fully saturated rings. The highest BCUT2D eigenvalue weighted by Gasteiger charge is 2.43. The molecule has 0 bridgehead atoms. The van der Waals surface area contributed by atoms with Gasteiger partial charge in [0.25, 0.3) is 0 Å². The SMILES string of the molecule is C/C(=C\CC(OCCCC1C=CC=C([N+](=O)[O-])C1)[C@H](O)C(F)(F)F)CCC(N)(CO)COP(=O)(O)O. The van der Waals surface area contributed by atoms with Crippen molar-refractivity contribution in [1.29, 1.82) is 0 Å². The van der Waals surface area contributed by atoms with Gasteiger partial charge in [0.05, 0.1) is 29.8 Å². The highest BCUT2D eigenvalue weighted by molar-refractivity contribution is 7.46. The predicted molar refractivity (Wildman–Crippen MR) is 123 cm³/mol. The fourth-order valence-electron chi connectivity index (χ4n) is 3.42. The minimum atomic E-state index is -4.91. The number of ether oxygens (including phenoxy) is 1. The summed E-state index contributed by atoms with van der Waals surface area (Å²) in [5.74, 6) is -0.135. The number of phosphoric acid groups is 1. The van der Waals surface area contributed by atoms with Gasteiger partial charge in [0.1, 0.15) is 0 Å². The smallest absolute Gasteiger partial charge is 0.394 e. The summed E-state index contributed by atoms with van der Waals surface area (Å²) in [5, 5.41) is 30.1. The van der Waals surface area contributed by atoms with Crippen LogP contribution in [0.2, 0.25) is 0 Å². The van der Waals surface area contributed by atoms with Crippen LogP contribution in [0.25, 0.3) is 0 Å². The van der Waals surface area contributed by atoms with Gasteiger partial charge in [-0.1, -0.05) is 23.8 Å². The largest absolute Gasteiger partial charge is 0.469 e. The van der Waals surface area contributed by atoms with Gasteiger partial charge in [-0.3, -0.25) is 14.6 Å². The molecule has 0 aliphatic heterocycles. The Labute approximate surface area is 206 Å². The van der Waals surface area contributed by atoms with E-state index in [1.165, 1.54) is 12.2 Å². The first kappa shape index (κ1) is 32.4. The lowest BCUT2D eigenvalue weighted by atomic mass is 9.93. The molecule has 3 unspecified atom stereocenters. The minimum Gasteiger partial charge on any atom is -0.394 e. The molecule has 15 heteroatoms. The highest BCUT2D eigenvalue weighted by Crippen LogP contribution is 2.37. The Balaban J connectivity index is 2.64. The maximum atomic E-state index is 13.1. The molecule has 0 aromatic carbocycles. The van der Waals surface area contributed by atoms with Gasteiger partial charge in [-0.05, 0) is 44.9 Å². The van der Waals surface area contributed by atoms with Crippen LogP contribution < -0.4 is 5.73 Å². The van der Waals surface area contributed by atoms with Crippen LogP contribution in [0.15, 0.2) is 35.6 Å². The van der Waals surface area contributed by atoms with Gasteiger partial charge in [-0.2, -0.15) is 13.2 Å². The molecular formula is C21H34F3N2O9P. The van der Waals surface area contributed by atoms with E-state index in [4.69, 9.17) is 20.3 Å². The van der Waals surface area contributed by atoms with Gasteiger partial charge >= 0.3 is 14.0 Å². The Hall–Kier alpha value is -1.64. The number of halogens is 3. The molecule has 0 saturated carbocycles. The number of hydrogen-bond donors (Lipinski definition) is 5. The summed E-state index contributed by atoms with van der Waals surface area (Å²) in [5.41, 5.74) is 5.02. The Bertz CT molecular complexity index is 860. The number of rotatable bonds is 16. The van der Waals surface area contributed by atoms with Gasteiger partial charge in [0, 0.05) is 19.1 Å². The molecule has 11 nitrogen and oxygen atoms in total. The Kier molecular flexibility index (Phi) is 12.9. The summed E-state index contributed by atoms with van der Waals surface area (Å²) >= 11 is 0. The number of nitrogens with two attached hydrogens (primary N) is 1. The molecule has 1 aliphatic rings. The second kappa shape index (κ2) is 14.3. The van der Waals surface area contributed by atoms with E-state index in [2.05, 4.69) is 4.52 Å². The van der Waals surface area contributed by atoms with Gasteiger partial charge in [-0.25, -0.2) is 4.57 Å². The van der Waals surface area contributed by atoms with E-state index in [0.717, 1.165) is 0 Å². The van der Waals surface area contributed by atoms with Crippen LogP contribution >= 0.6 is 7.82 Å². The molecule has 36 heavy (non-hydrogen) atoms. The van der Waals surface area contributed by atoms with Crippen LogP contribution in [-0.2, 0) is 13.8 Å². The Morgan fingerprint density at radius 1 is 1.42 bits per heavy atom. The molecule has 1 rings (SSSR count). The third kappa shape index (κ3) is 12.5. The maximum absolute atomic E-state index is 13.1. The first-order valence-electron chi connectivity index (χ1n) is 11.2. The second-order valence-corrected chi connectivity index (χ2v) is 10.1. The first-order chi connectivity index (χ1) is 16.6. The van der Waals surface area contributed by atoms with Crippen molar-refractivity contribution >= 4 is 7.82 Å². The zero-order valence-corrected chi connectivity index (χ0v) is 20.7. The minimum absolute atomic E-state index is 0.0225. The van der Waals surface area contributed by atoms with Crippen LogP contribution in [0.5, 0.6) is 0 Å². The molecule has 0 saturated heterocycles. The quantitative estimate of drug-likeness (QED) is 0.0634. The van der Waals surface area contributed by atoms with Crippen LogP contribution in [0.4, 0.5) is 13.2 Å². The third-order valence-corrected chi connectivity index (χ3v) is 6.13. The number of nitro groups is 1. The molecule has 4 atom stereocenters. The summed E-state index contributed by atoms with van der Waals surface area (Å²) < 4.78 is 59.9. The molecule has 0 aromatic heterocycles. The number of allylic oxidation sites excluding steroid dienone is 5. The first-order valence-corrected chi connectivity index (χ1v) is 12.7. The summed E-state index contributed by atoms with van der Waals surface area (Å²) in [6.45, 7) is 0.222. The van der Waals surface area contributed by atoms with Gasteiger partial charge in [0.15, 0.2) is 6.10 Å². The molecule has 208 valence electrons. The fraction of sp³-hybridized carbons (Fsp3) is 0.714. The van der Waals surface area contributed by atoms with Crippen molar-refractivity contribution in [2.24, 2.45) is 11.7 Å². The van der Waals surface area contributed by atoms with Crippen molar-refractivity contribution in [2.75, 3.05) is 19.8 Å². The van der Waals surface area contributed by atoms with Crippen LogP contribution in [0.1, 0.15) is 45.4 Å². The zero-order valence-electron chi connectivity index (χ0n) is 19.8. The maximum Gasteiger partial charge on any atom is 0.469 e. The molecule has 1 aliphatic carbocycles. The van der Waals surface area contributed by atoms with E-state index < -0.39 is 49.9 Å². The van der Waals surface area contributed by atoms with E-state index >= 15 is 0 Å². The highest BCUT2D eigenvalue weighted by atomic mass is 31.2. The van der Waals surface area contributed by atoms with Gasteiger partial charge in [-0.15, -0.1) is 0 Å². The summed E-state index contributed by atoms with van der Waals surface area (Å²) in [6.07, 6.45) is -2.11. The lowest BCUT2D eigenvalue weighted by Gasteiger charge is -2.27. The second-order valence-electron chi connectivity index (χ2n) is 8.87. The number of alkyl halides is 3. The van der Waals surface area contributed by atoms with Crippen molar-refractivity contribution in [3.8, 4) is 0 Å². The van der Waals surface area contributed by atoms with Crippen molar-refractivity contribution in [3.05, 3.63) is 45.7 Å². The van der Waals surface area contributed by atoms with Crippen LogP contribution in [0, 0.1) is 16.0 Å². The predicted octanol–water partition coefficient (Wildman–Crippen LogP) is 2.73. The number of nitrogens with zero attached hydrogens (tertiary/aromatic N) is 1. The van der Waals surface area contributed by atoms with Crippen molar-refractivity contribution in [2.45, 2.75) is 69.4 Å². The molecule has 0 amide bonds. The van der Waals surface area contributed by atoms with Crippen molar-refractivity contribution in [3.63, 3.8) is 0 Å². The normalized spacial score (nSPS) is 20.5. The third-order valence-electron chi connectivity index (χ3n) is 5.67. The number of aliphatic hydroxyl groups is 2. The molecule has 0 aromatic rings. The summed E-state index contributed by atoms with van der Waals surface area (Å²) in [4.78, 5) is 28.0. The lowest BCUT2D eigenvalue weighted by Crippen LogP contribution is -2.47. The Morgan fingerprint density at radius 2 is 2.08 bits per heavy atom. The average Bonchev–Trinajstić information content (AvgIpc) is 2.79. The van der Waals surface area contributed by atoms with Crippen molar-refractivity contribution < 1.29 is 51.9 Å². The average molecular weight is 546 g/mol. The summed E-state index contributed by atoms with van der Waals surface area (Å²) in [7, 11) is -4.80.